The zero-order valence-electron chi connectivity index (χ0n) is 8.72. The van der Waals surface area contributed by atoms with E-state index in [0.29, 0.717) is 5.82 Å². The first kappa shape index (κ1) is 10.7. The maximum atomic E-state index is 11.4. The van der Waals surface area contributed by atoms with Crippen LogP contribution in [0.25, 0.3) is 0 Å². The Balaban J connectivity index is 2.50. The molecule has 78 valence electrons. The van der Waals surface area contributed by atoms with Gasteiger partial charge >= 0.3 is 0 Å². The summed E-state index contributed by atoms with van der Waals surface area (Å²) in [7, 11) is 0. The Labute approximate surface area is 83.1 Å². The number of aryl methyl sites for hydroxylation is 1. The molecule has 14 heavy (non-hydrogen) atoms. The van der Waals surface area contributed by atoms with Crippen LogP contribution in [-0.2, 0) is 4.79 Å². The Morgan fingerprint density at radius 3 is 2.79 bits per heavy atom. The minimum absolute atomic E-state index is 0.121. The number of rotatable bonds is 3. The second-order valence-electron chi connectivity index (χ2n) is 4.15. The predicted octanol–water partition coefficient (Wildman–Crippen LogP) is 0.784. The van der Waals surface area contributed by atoms with Gasteiger partial charge < -0.3 is 11.1 Å². The lowest BCUT2D eigenvalue weighted by molar-refractivity contribution is -0.117. The zero-order chi connectivity index (χ0) is 10.8. The summed E-state index contributed by atoms with van der Waals surface area (Å²) in [5.41, 5.74) is 6.13. The maximum Gasteiger partial charge on any atom is 0.227 e. The van der Waals surface area contributed by atoms with Crippen molar-refractivity contribution in [1.29, 1.82) is 0 Å². The molecule has 5 nitrogen and oxygen atoms in total. The van der Waals surface area contributed by atoms with E-state index in [4.69, 9.17) is 5.73 Å². The molecule has 0 bridgehead atoms. The molecule has 0 aliphatic heterocycles. The molecule has 0 aliphatic rings. The van der Waals surface area contributed by atoms with Gasteiger partial charge in [0.15, 0.2) is 5.82 Å². The van der Waals surface area contributed by atoms with Crippen LogP contribution in [0, 0.1) is 6.92 Å². The summed E-state index contributed by atoms with van der Waals surface area (Å²) in [5, 5.41) is 9.29. The first-order valence-corrected chi connectivity index (χ1v) is 4.47. The number of nitrogens with two attached hydrogens (primary N) is 1. The molecule has 0 radical (unpaired) electrons. The van der Waals surface area contributed by atoms with Crippen LogP contribution in [0.2, 0.25) is 0 Å². The minimum atomic E-state index is -0.491. The number of aromatic amines is 1. The smallest absolute Gasteiger partial charge is 0.227 e. The highest BCUT2D eigenvalue weighted by Crippen LogP contribution is 2.08. The summed E-state index contributed by atoms with van der Waals surface area (Å²) in [5.74, 6) is 0.417. The van der Waals surface area contributed by atoms with E-state index in [9.17, 15) is 4.79 Å². The van der Waals surface area contributed by atoms with Gasteiger partial charge in [0.25, 0.3) is 0 Å². The number of carbonyl (C=O) groups is 1. The van der Waals surface area contributed by atoms with E-state index < -0.39 is 5.54 Å². The number of hydrogen-bond donors (Lipinski definition) is 3. The highest BCUT2D eigenvalue weighted by molar-refractivity contribution is 5.90. The van der Waals surface area contributed by atoms with Crippen LogP contribution in [0.15, 0.2) is 6.07 Å². The summed E-state index contributed by atoms with van der Waals surface area (Å²) in [6.07, 6.45) is 0.277. The molecule has 0 fully saturated rings. The molecule has 1 heterocycles. The Morgan fingerprint density at radius 1 is 1.71 bits per heavy atom. The third kappa shape index (κ3) is 3.57. The predicted molar refractivity (Wildman–Crippen MR) is 54.8 cm³/mol. The molecule has 1 aromatic rings. The van der Waals surface area contributed by atoms with Crippen LogP contribution < -0.4 is 11.1 Å². The summed E-state index contributed by atoms with van der Waals surface area (Å²) in [4.78, 5) is 11.4. The molecule has 0 saturated carbocycles. The lowest BCUT2D eigenvalue weighted by Crippen LogP contribution is -2.36. The van der Waals surface area contributed by atoms with Crippen molar-refractivity contribution in [3.63, 3.8) is 0 Å². The van der Waals surface area contributed by atoms with Crippen molar-refractivity contribution in [1.82, 2.24) is 10.2 Å². The Hall–Kier alpha value is -1.36. The first-order chi connectivity index (χ1) is 6.37. The van der Waals surface area contributed by atoms with Crippen molar-refractivity contribution in [3.8, 4) is 0 Å². The van der Waals surface area contributed by atoms with Crippen LogP contribution in [0.5, 0.6) is 0 Å². The lowest BCUT2D eigenvalue weighted by atomic mass is 10.0. The summed E-state index contributed by atoms with van der Waals surface area (Å²) in [6, 6.07) is 1.77. The summed E-state index contributed by atoms with van der Waals surface area (Å²) in [6.45, 7) is 5.49. The van der Waals surface area contributed by atoms with Gasteiger partial charge in [-0.1, -0.05) is 0 Å². The molecule has 1 rings (SSSR count). The SMILES string of the molecule is Cc1cc(NC(=O)CC(C)(C)N)n[nH]1. The van der Waals surface area contributed by atoms with Gasteiger partial charge in [-0.15, -0.1) is 0 Å². The number of aromatic nitrogens is 2. The standard InChI is InChI=1S/C9H16N4O/c1-6-4-7(13-12-6)11-8(14)5-9(2,3)10/h4H,5,10H2,1-3H3,(H2,11,12,13,14). The Kier molecular flexibility index (Phi) is 2.90. The van der Waals surface area contributed by atoms with E-state index in [1.54, 1.807) is 6.07 Å². The fourth-order valence-electron chi connectivity index (χ4n) is 1.08. The monoisotopic (exact) mass is 196 g/mol. The van der Waals surface area contributed by atoms with Gasteiger partial charge in [0.05, 0.1) is 0 Å². The first-order valence-electron chi connectivity index (χ1n) is 4.47. The second-order valence-corrected chi connectivity index (χ2v) is 4.15. The van der Waals surface area contributed by atoms with Crippen molar-refractivity contribution >= 4 is 11.7 Å². The Bertz CT molecular complexity index is 324. The lowest BCUT2D eigenvalue weighted by Gasteiger charge is -2.16. The van der Waals surface area contributed by atoms with Gasteiger partial charge in [-0.05, 0) is 20.8 Å². The topological polar surface area (TPSA) is 83.8 Å². The van der Waals surface area contributed by atoms with E-state index in [0.717, 1.165) is 5.69 Å². The number of carbonyl (C=O) groups excluding carboxylic acids is 1. The quantitative estimate of drug-likeness (QED) is 0.668. The molecule has 4 N–H and O–H groups in total. The molecule has 0 unspecified atom stereocenters. The second kappa shape index (κ2) is 3.79. The summed E-state index contributed by atoms with van der Waals surface area (Å²) >= 11 is 0. The van der Waals surface area contributed by atoms with Gasteiger partial charge in [-0.3, -0.25) is 9.89 Å². The van der Waals surface area contributed by atoms with Gasteiger partial charge in [-0.25, -0.2) is 0 Å². The minimum Gasteiger partial charge on any atom is -0.325 e. The molecule has 0 aliphatic carbocycles. The van der Waals surface area contributed by atoms with E-state index in [1.807, 2.05) is 20.8 Å². The zero-order valence-corrected chi connectivity index (χ0v) is 8.72. The normalized spacial score (nSPS) is 11.4. The number of H-pyrrole nitrogens is 1. The average Bonchev–Trinajstić information content (AvgIpc) is 2.30. The molecule has 0 spiro atoms. The summed E-state index contributed by atoms with van der Waals surface area (Å²) < 4.78 is 0. The number of nitrogens with zero attached hydrogens (tertiary/aromatic N) is 1. The van der Waals surface area contributed by atoms with Gasteiger partial charge in [0.2, 0.25) is 5.91 Å². The molecule has 1 aromatic heterocycles. The van der Waals surface area contributed by atoms with Crippen molar-refractivity contribution in [2.24, 2.45) is 5.73 Å². The third-order valence-electron chi connectivity index (χ3n) is 1.59. The number of nitrogens with one attached hydrogen (secondary N) is 2. The number of amides is 1. The molecular weight excluding hydrogens is 180 g/mol. The average molecular weight is 196 g/mol. The van der Waals surface area contributed by atoms with Crippen molar-refractivity contribution in [2.45, 2.75) is 32.7 Å². The van der Waals surface area contributed by atoms with Crippen molar-refractivity contribution in [2.75, 3.05) is 5.32 Å². The fraction of sp³-hybridized carbons (Fsp3) is 0.556. The fourth-order valence-corrected chi connectivity index (χ4v) is 1.08. The number of anilines is 1. The van der Waals surface area contributed by atoms with E-state index >= 15 is 0 Å². The largest absolute Gasteiger partial charge is 0.325 e. The third-order valence-corrected chi connectivity index (χ3v) is 1.59. The van der Waals surface area contributed by atoms with Crippen molar-refractivity contribution in [3.05, 3.63) is 11.8 Å². The van der Waals surface area contributed by atoms with E-state index in [-0.39, 0.29) is 12.3 Å². The maximum absolute atomic E-state index is 11.4. The molecule has 0 saturated heterocycles. The van der Waals surface area contributed by atoms with Gasteiger partial charge in [0.1, 0.15) is 0 Å². The molecule has 5 heteroatoms. The van der Waals surface area contributed by atoms with Crippen LogP contribution in [0.3, 0.4) is 0 Å². The molecule has 0 atom stereocenters. The van der Waals surface area contributed by atoms with Crippen LogP contribution >= 0.6 is 0 Å². The van der Waals surface area contributed by atoms with Gasteiger partial charge in [0, 0.05) is 23.7 Å². The molecule has 1 amide bonds. The van der Waals surface area contributed by atoms with Crippen LogP contribution in [-0.4, -0.2) is 21.6 Å². The molecular formula is C9H16N4O. The highest BCUT2D eigenvalue weighted by atomic mass is 16.1. The van der Waals surface area contributed by atoms with Gasteiger partial charge in [-0.2, -0.15) is 5.10 Å². The Morgan fingerprint density at radius 2 is 2.36 bits per heavy atom. The highest BCUT2D eigenvalue weighted by Gasteiger charge is 2.16. The van der Waals surface area contributed by atoms with E-state index in [2.05, 4.69) is 15.5 Å². The van der Waals surface area contributed by atoms with Crippen LogP contribution in [0.4, 0.5) is 5.82 Å². The number of hydrogen-bond acceptors (Lipinski definition) is 3. The van der Waals surface area contributed by atoms with Crippen LogP contribution in [0.1, 0.15) is 26.0 Å². The van der Waals surface area contributed by atoms with Crippen molar-refractivity contribution < 1.29 is 4.79 Å². The molecule has 0 aromatic carbocycles. The van der Waals surface area contributed by atoms with E-state index in [1.165, 1.54) is 0 Å².